The van der Waals surface area contributed by atoms with Crippen LogP contribution < -0.4 is 10.2 Å². The van der Waals surface area contributed by atoms with E-state index in [-0.39, 0.29) is 53.1 Å². The fourth-order valence-electron chi connectivity index (χ4n) is 7.84. The lowest BCUT2D eigenvalue weighted by Crippen LogP contribution is -2.62. The lowest BCUT2D eigenvalue weighted by molar-refractivity contribution is -0.176. The molecule has 2 bridgehead atoms. The maximum absolute atomic E-state index is 16.2. The van der Waals surface area contributed by atoms with Gasteiger partial charge in [-0.05, 0) is 72.2 Å². The van der Waals surface area contributed by atoms with Crippen LogP contribution in [0.2, 0.25) is 0 Å². The third-order valence-corrected chi connectivity index (χ3v) is 10.6. The zero-order valence-electron chi connectivity index (χ0n) is 26.6. The number of halogens is 1. The van der Waals surface area contributed by atoms with E-state index in [4.69, 9.17) is 10.4 Å². The Bertz CT molecular complexity index is 1510. The van der Waals surface area contributed by atoms with Crippen LogP contribution in [0.25, 0.3) is 21.6 Å². The number of rotatable bonds is 10. The molecule has 1 amide bonds. The van der Waals surface area contributed by atoms with Crippen molar-refractivity contribution < 1.29 is 29.0 Å². The van der Waals surface area contributed by atoms with E-state index in [9.17, 15) is 19.8 Å². The first-order valence-corrected chi connectivity index (χ1v) is 15.5. The van der Waals surface area contributed by atoms with E-state index in [0.29, 0.717) is 23.1 Å². The first kappa shape index (κ1) is 32.7. The molecule has 4 aliphatic rings. The van der Waals surface area contributed by atoms with E-state index < -0.39 is 36.0 Å². The van der Waals surface area contributed by atoms with Crippen molar-refractivity contribution >= 4 is 17.6 Å². The van der Waals surface area contributed by atoms with Gasteiger partial charge in [0.05, 0.1) is 30.9 Å². The Hall–Kier alpha value is -3.70. The smallest absolute Gasteiger partial charge is 0.335 e. The molecule has 0 unspecified atom stereocenters. The third-order valence-electron chi connectivity index (χ3n) is 10.6. The fraction of sp³-hybridized carbons (Fsp3) is 0.576. The molecule has 242 valence electrons. The molecule has 8 atom stereocenters. The lowest BCUT2D eigenvalue weighted by Gasteiger charge is -2.62. The van der Waals surface area contributed by atoms with Crippen LogP contribution >= 0.6 is 0 Å². The average molecular weight is 623 g/mol. The number of carboxylic acids is 1. The molecular weight excluding hydrogens is 579 g/mol. The molecule has 1 heterocycles. The zero-order valence-corrected chi connectivity index (χ0v) is 26.6. The molecule has 0 radical (unpaired) electrons. The summed E-state index contributed by atoms with van der Waals surface area (Å²) in [6.07, 6.45) is 0.242. The molecule has 3 N–H and O–H groups in total. The quantitative estimate of drug-likeness (QED) is 0.186. The molecule has 2 aromatic carbocycles. The van der Waals surface area contributed by atoms with Gasteiger partial charge in [-0.15, -0.1) is 0 Å². The van der Waals surface area contributed by atoms with Gasteiger partial charge in [0.25, 0.3) is 0 Å². The van der Waals surface area contributed by atoms with E-state index >= 15 is 4.39 Å². The van der Waals surface area contributed by atoms with Crippen LogP contribution in [0.3, 0.4) is 0 Å². The largest absolute Gasteiger partial charge is 0.478 e. The highest BCUT2D eigenvalue weighted by atomic mass is 19.1. The van der Waals surface area contributed by atoms with Gasteiger partial charge in [0.1, 0.15) is 11.9 Å². The number of hydrogen-bond donors (Lipinski definition) is 3. The predicted octanol–water partition coefficient (Wildman–Crippen LogP) is 5.24. The number of fused-ring (bicyclic) bond motifs is 2. The van der Waals surface area contributed by atoms with Gasteiger partial charge in [-0.25, -0.2) is 9.18 Å². The SMILES string of the molecule is C[C@@H]1[C@@H](NC(=O)[C@@H]2[C@H]([C@H](C)O)[C@H](CN=[N+]=[N-])ON2Cc2cccc(-c3cc(C(=O)O)cc(N(C)C)c3)c2F)C[C@H]2C[C@@H]1C2(C)C. The number of aromatic carboxylic acids is 1. The molecule has 1 saturated heterocycles. The Labute approximate surface area is 262 Å². The Morgan fingerprint density at radius 1 is 1.27 bits per heavy atom. The van der Waals surface area contributed by atoms with E-state index in [2.05, 4.69) is 36.1 Å². The minimum absolute atomic E-state index is 0.0271. The number of anilines is 1. The molecule has 11 nitrogen and oxygen atoms in total. The summed E-state index contributed by atoms with van der Waals surface area (Å²) in [5, 5.41) is 28.8. The van der Waals surface area contributed by atoms with Crippen LogP contribution in [-0.4, -0.2) is 72.1 Å². The summed E-state index contributed by atoms with van der Waals surface area (Å²) in [5.74, 6) is -1.46. The second-order valence-corrected chi connectivity index (χ2v) is 13.7. The van der Waals surface area contributed by atoms with E-state index in [0.717, 1.165) is 12.8 Å². The summed E-state index contributed by atoms with van der Waals surface area (Å²) < 4.78 is 16.2. The molecule has 3 aliphatic carbocycles. The second-order valence-electron chi connectivity index (χ2n) is 13.7. The standard InChI is InChI=1S/C33H43FN6O5/c1-17-25-13-22(33(25,3)4)14-26(17)37-31(42)30-28(18(2)41)27(15-36-38-35)45-40(30)16-19-8-7-9-24(29(19)34)20-10-21(32(43)44)12-23(11-20)39(5)6/h7-12,17-18,22,25-28,30,41H,13-16H2,1-6H3,(H,37,42)(H,43,44)/t17-,18-,22+,25-,26-,27-,28+,30-/m0/s1. The number of amides is 1. The molecule has 0 spiro atoms. The number of nitrogens with one attached hydrogen (secondary N) is 1. The fourth-order valence-corrected chi connectivity index (χ4v) is 7.84. The molecule has 12 heteroatoms. The summed E-state index contributed by atoms with van der Waals surface area (Å²) >= 11 is 0. The van der Waals surface area contributed by atoms with Crippen molar-refractivity contribution in [3.8, 4) is 11.1 Å². The van der Waals surface area contributed by atoms with Gasteiger partial charge in [-0.1, -0.05) is 44.1 Å². The van der Waals surface area contributed by atoms with Crippen molar-refractivity contribution in [3.63, 3.8) is 0 Å². The van der Waals surface area contributed by atoms with Gasteiger partial charge in [-0.3, -0.25) is 9.63 Å². The Balaban J connectivity index is 1.46. The normalized spacial score (nSPS) is 29.3. The maximum Gasteiger partial charge on any atom is 0.335 e. The van der Waals surface area contributed by atoms with Gasteiger partial charge >= 0.3 is 5.97 Å². The average Bonchev–Trinajstić information content (AvgIpc) is 3.35. The van der Waals surface area contributed by atoms with Gasteiger partial charge < -0.3 is 20.4 Å². The summed E-state index contributed by atoms with van der Waals surface area (Å²) in [7, 11) is 3.55. The number of carboxylic acid groups (broad SMARTS) is 1. The Kier molecular flexibility index (Phi) is 9.15. The topological polar surface area (TPSA) is 151 Å². The van der Waals surface area contributed by atoms with Crippen molar-refractivity contribution in [1.82, 2.24) is 10.4 Å². The number of nitrogens with zero attached hydrogens (tertiary/aromatic N) is 5. The number of aliphatic hydroxyl groups is 1. The number of azide groups is 1. The predicted molar refractivity (Wildman–Crippen MR) is 168 cm³/mol. The molecule has 3 saturated carbocycles. The highest BCUT2D eigenvalue weighted by molar-refractivity contribution is 5.91. The number of benzene rings is 2. The van der Waals surface area contributed by atoms with Crippen LogP contribution in [0.1, 0.15) is 56.5 Å². The summed E-state index contributed by atoms with van der Waals surface area (Å²) in [6.45, 7) is 8.08. The lowest BCUT2D eigenvalue weighted by atomic mass is 9.45. The van der Waals surface area contributed by atoms with Gasteiger partial charge in [0.15, 0.2) is 0 Å². The van der Waals surface area contributed by atoms with Crippen LogP contribution in [0.15, 0.2) is 41.5 Å². The van der Waals surface area contributed by atoms with Crippen LogP contribution in [0, 0.1) is 34.9 Å². The van der Waals surface area contributed by atoms with Crippen LogP contribution in [0.4, 0.5) is 10.1 Å². The van der Waals surface area contributed by atoms with E-state index in [1.807, 2.05) is 0 Å². The molecule has 2 aromatic rings. The van der Waals surface area contributed by atoms with E-state index in [1.165, 1.54) is 17.2 Å². The Morgan fingerprint density at radius 3 is 2.60 bits per heavy atom. The first-order chi connectivity index (χ1) is 21.2. The number of carbonyl (C=O) groups is 2. The minimum atomic E-state index is -1.13. The van der Waals surface area contributed by atoms with Crippen LogP contribution in [0.5, 0.6) is 0 Å². The van der Waals surface area contributed by atoms with E-state index in [1.54, 1.807) is 50.2 Å². The Morgan fingerprint density at radius 2 is 2.00 bits per heavy atom. The molecule has 0 aromatic heterocycles. The second kappa shape index (κ2) is 12.6. The summed E-state index contributed by atoms with van der Waals surface area (Å²) in [6, 6.07) is 8.49. The highest BCUT2D eigenvalue weighted by Crippen LogP contribution is 2.61. The van der Waals surface area contributed by atoms with Crippen molar-refractivity contribution in [2.75, 3.05) is 25.5 Å². The number of hydrogen-bond acceptors (Lipinski definition) is 7. The number of carbonyl (C=O) groups excluding carboxylic acids is 1. The van der Waals surface area contributed by atoms with Crippen molar-refractivity contribution in [3.05, 3.63) is 63.8 Å². The first-order valence-electron chi connectivity index (χ1n) is 15.5. The minimum Gasteiger partial charge on any atom is -0.478 e. The highest BCUT2D eigenvalue weighted by Gasteiger charge is 2.57. The van der Waals surface area contributed by atoms with Crippen molar-refractivity contribution in [1.29, 1.82) is 0 Å². The van der Waals surface area contributed by atoms with Gasteiger partial charge in [0.2, 0.25) is 5.91 Å². The van der Waals surface area contributed by atoms with Crippen molar-refractivity contribution in [2.24, 2.45) is 34.2 Å². The molecule has 45 heavy (non-hydrogen) atoms. The third kappa shape index (κ3) is 6.12. The monoisotopic (exact) mass is 622 g/mol. The molecule has 1 aliphatic heterocycles. The number of hydroxylamine groups is 2. The summed E-state index contributed by atoms with van der Waals surface area (Å²) in [5.41, 5.74) is 10.7. The zero-order chi connectivity index (χ0) is 32.8. The maximum atomic E-state index is 16.2. The van der Waals surface area contributed by atoms with Crippen LogP contribution in [-0.2, 0) is 16.2 Å². The molecule has 6 rings (SSSR count). The van der Waals surface area contributed by atoms with Crippen molar-refractivity contribution in [2.45, 2.75) is 71.4 Å². The summed E-state index contributed by atoms with van der Waals surface area (Å²) in [4.78, 5) is 36.6. The van der Waals surface area contributed by atoms with Gasteiger partial charge in [0, 0.05) is 47.8 Å². The molecule has 4 fully saturated rings. The molecular formula is C33H43FN6O5. The van der Waals surface area contributed by atoms with Gasteiger partial charge in [-0.2, -0.15) is 5.06 Å². The number of aliphatic hydroxyl groups excluding tert-OH is 1.